The van der Waals surface area contributed by atoms with Crippen molar-refractivity contribution in [3.8, 4) is 0 Å². The Morgan fingerprint density at radius 1 is 1.16 bits per heavy atom. The van der Waals surface area contributed by atoms with Crippen molar-refractivity contribution in [3.05, 3.63) is 0 Å². The fourth-order valence-electron chi connectivity index (χ4n) is 4.92. The fourth-order valence-corrected chi connectivity index (χ4v) is 4.92. The van der Waals surface area contributed by atoms with Crippen molar-refractivity contribution in [3.63, 3.8) is 0 Å². The number of nitrogens with zero attached hydrogens (tertiary/aromatic N) is 2. The van der Waals surface area contributed by atoms with Crippen molar-refractivity contribution in [1.29, 1.82) is 0 Å². The van der Waals surface area contributed by atoms with Crippen LogP contribution in [0.25, 0.3) is 0 Å². The van der Waals surface area contributed by atoms with Crippen LogP contribution in [0, 0.1) is 5.92 Å². The molecule has 0 aromatic carbocycles. The summed E-state index contributed by atoms with van der Waals surface area (Å²) in [6.45, 7) is 6.71. The van der Waals surface area contributed by atoms with E-state index < -0.39 is 0 Å². The van der Waals surface area contributed by atoms with Gasteiger partial charge in [-0.25, -0.2) is 0 Å². The second kappa shape index (κ2) is 9.13. The molecule has 3 rings (SSSR count). The summed E-state index contributed by atoms with van der Waals surface area (Å²) < 4.78 is 0. The third kappa shape index (κ3) is 4.43. The van der Waals surface area contributed by atoms with Crippen molar-refractivity contribution in [2.75, 3.05) is 26.2 Å². The Bertz CT molecular complexity index is 462. The number of unbranched alkanes of at least 4 members (excludes halogenated alkanes) is 2. The first-order valence-electron chi connectivity index (χ1n) is 10.5. The van der Waals surface area contributed by atoms with E-state index in [-0.39, 0.29) is 29.8 Å². The molecule has 0 bridgehead atoms. The number of amides is 2. The van der Waals surface area contributed by atoms with E-state index in [2.05, 4.69) is 17.1 Å². The highest BCUT2D eigenvalue weighted by molar-refractivity contribution is 5.99. The molecule has 3 atom stereocenters. The molecule has 3 saturated heterocycles. The predicted molar refractivity (Wildman–Crippen MR) is 99.2 cm³/mol. The van der Waals surface area contributed by atoms with Crippen LogP contribution in [0.4, 0.5) is 0 Å². The highest BCUT2D eigenvalue weighted by atomic mass is 16.2. The Kier molecular flexibility index (Phi) is 6.88. The van der Waals surface area contributed by atoms with Crippen LogP contribution in [-0.2, 0) is 9.59 Å². The molecule has 3 aliphatic heterocycles. The van der Waals surface area contributed by atoms with Gasteiger partial charge in [-0.15, -0.1) is 0 Å². The molecule has 3 unspecified atom stereocenters. The average molecular weight is 350 g/mol. The van der Waals surface area contributed by atoms with E-state index >= 15 is 0 Å². The van der Waals surface area contributed by atoms with Crippen LogP contribution in [-0.4, -0.2) is 59.9 Å². The average Bonchev–Trinajstić information content (AvgIpc) is 3.18. The molecule has 0 aliphatic carbocycles. The zero-order valence-corrected chi connectivity index (χ0v) is 15.8. The summed E-state index contributed by atoms with van der Waals surface area (Å²) in [5.41, 5.74) is 0. The number of hydrogen-bond donors (Lipinski definition) is 1. The fraction of sp³-hybridized carbons (Fsp3) is 0.900. The molecule has 0 radical (unpaired) electrons. The van der Waals surface area contributed by atoms with Gasteiger partial charge in [0.25, 0.3) is 0 Å². The number of carbonyl (C=O) groups excluding carboxylic acids is 2. The summed E-state index contributed by atoms with van der Waals surface area (Å²) in [6.07, 6.45) is 10.6. The maximum atomic E-state index is 12.7. The molecule has 25 heavy (non-hydrogen) atoms. The molecule has 5 heteroatoms. The van der Waals surface area contributed by atoms with E-state index in [1.807, 2.05) is 0 Å². The van der Waals surface area contributed by atoms with Crippen LogP contribution >= 0.6 is 0 Å². The van der Waals surface area contributed by atoms with Crippen LogP contribution in [0.3, 0.4) is 0 Å². The highest BCUT2D eigenvalue weighted by Crippen LogP contribution is 2.34. The first-order valence-corrected chi connectivity index (χ1v) is 10.5. The summed E-state index contributed by atoms with van der Waals surface area (Å²) in [6, 6.07) is 0.320. The molecule has 0 spiro atoms. The van der Waals surface area contributed by atoms with Gasteiger partial charge in [-0.05, 0) is 64.7 Å². The smallest absolute Gasteiger partial charge is 0.234 e. The Morgan fingerprint density at radius 2 is 1.96 bits per heavy atom. The highest BCUT2D eigenvalue weighted by Gasteiger charge is 2.51. The van der Waals surface area contributed by atoms with Crippen LogP contribution in [0.2, 0.25) is 0 Å². The Morgan fingerprint density at radius 3 is 2.72 bits per heavy atom. The van der Waals surface area contributed by atoms with E-state index in [1.165, 1.54) is 45.3 Å². The molecule has 0 aromatic rings. The minimum atomic E-state index is 0.0144. The van der Waals surface area contributed by atoms with Gasteiger partial charge >= 0.3 is 0 Å². The standard InChI is InChI=1S/C20H35N3O2/c1-2-9-16-19-17(11-12-21-19)23(20(16)25)18(24)10-5-3-6-13-22-14-7-4-8-15-22/h16-17,19,21H,2-15H2,1H3. The largest absolute Gasteiger partial charge is 0.311 e. The first kappa shape index (κ1) is 18.8. The molecule has 142 valence electrons. The number of carbonyl (C=O) groups is 2. The lowest BCUT2D eigenvalue weighted by molar-refractivity contribution is -0.145. The molecule has 3 fully saturated rings. The Labute approximate surface area is 152 Å². The van der Waals surface area contributed by atoms with Crippen molar-refractivity contribution >= 4 is 11.8 Å². The molecule has 0 saturated carbocycles. The number of piperidine rings is 1. The Hall–Kier alpha value is -0.940. The van der Waals surface area contributed by atoms with Gasteiger partial charge in [-0.1, -0.05) is 26.2 Å². The van der Waals surface area contributed by atoms with Gasteiger partial charge in [0, 0.05) is 12.5 Å². The topological polar surface area (TPSA) is 52.7 Å². The van der Waals surface area contributed by atoms with Gasteiger partial charge in [-0.2, -0.15) is 0 Å². The lowest BCUT2D eigenvalue weighted by Gasteiger charge is -2.26. The van der Waals surface area contributed by atoms with Crippen molar-refractivity contribution in [1.82, 2.24) is 15.1 Å². The van der Waals surface area contributed by atoms with Crippen LogP contribution < -0.4 is 5.32 Å². The van der Waals surface area contributed by atoms with Gasteiger partial charge in [0.15, 0.2) is 0 Å². The third-order valence-electron chi connectivity index (χ3n) is 6.24. The lowest BCUT2D eigenvalue weighted by atomic mass is 9.95. The molecular formula is C20H35N3O2. The summed E-state index contributed by atoms with van der Waals surface area (Å²) >= 11 is 0. The lowest BCUT2D eigenvalue weighted by Crippen LogP contribution is -2.40. The zero-order valence-electron chi connectivity index (χ0n) is 15.8. The maximum absolute atomic E-state index is 12.7. The molecule has 0 aromatic heterocycles. The van der Waals surface area contributed by atoms with E-state index in [4.69, 9.17) is 0 Å². The maximum Gasteiger partial charge on any atom is 0.234 e. The van der Waals surface area contributed by atoms with Crippen LogP contribution in [0.1, 0.15) is 71.1 Å². The number of hydrogen-bond acceptors (Lipinski definition) is 4. The van der Waals surface area contributed by atoms with Crippen molar-refractivity contribution < 1.29 is 9.59 Å². The van der Waals surface area contributed by atoms with E-state index in [0.29, 0.717) is 6.42 Å². The molecular weight excluding hydrogens is 314 g/mol. The van der Waals surface area contributed by atoms with E-state index in [9.17, 15) is 9.59 Å². The van der Waals surface area contributed by atoms with Gasteiger partial charge in [0.1, 0.15) is 0 Å². The van der Waals surface area contributed by atoms with Crippen molar-refractivity contribution in [2.45, 2.75) is 83.2 Å². The van der Waals surface area contributed by atoms with Crippen molar-refractivity contribution in [2.24, 2.45) is 5.92 Å². The normalized spacial score (nSPS) is 30.0. The number of rotatable bonds is 8. The van der Waals surface area contributed by atoms with E-state index in [0.717, 1.165) is 38.6 Å². The minimum Gasteiger partial charge on any atom is -0.311 e. The monoisotopic (exact) mass is 349 g/mol. The number of nitrogens with one attached hydrogen (secondary N) is 1. The summed E-state index contributed by atoms with van der Waals surface area (Å²) in [5.74, 6) is 0.170. The summed E-state index contributed by atoms with van der Waals surface area (Å²) in [5, 5.41) is 3.46. The second-order valence-corrected chi connectivity index (χ2v) is 8.05. The van der Waals surface area contributed by atoms with Gasteiger partial charge in [0.2, 0.25) is 11.8 Å². The molecule has 3 aliphatic rings. The molecule has 2 amide bonds. The molecule has 5 nitrogen and oxygen atoms in total. The predicted octanol–water partition coefficient (Wildman–Crippen LogP) is 2.55. The molecule has 1 N–H and O–H groups in total. The quantitative estimate of drug-likeness (QED) is 0.684. The van der Waals surface area contributed by atoms with E-state index in [1.54, 1.807) is 4.90 Å². The first-order chi connectivity index (χ1) is 12.2. The second-order valence-electron chi connectivity index (χ2n) is 8.05. The van der Waals surface area contributed by atoms with Crippen LogP contribution in [0.5, 0.6) is 0 Å². The van der Waals surface area contributed by atoms with Gasteiger partial charge in [-0.3, -0.25) is 14.5 Å². The number of fused-ring (bicyclic) bond motifs is 1. The number of likely N-dealkylation sites (tertiary alicyclic amines) is 2. The third-order valence-corrected chi connectivity index (χ3v) is 6.24. The Balaban J connectivity index is 1.40. The van der Waals surface area contributed by atoms with Gasteiger partial charge in [0.05, 0.1) is 12.0 Å². The molecule has 3 heterocycles. The summed E-state index contributed by atoms with van der Waals surface area (Å²) in [4.78, 5) is 29.6. The van der Waals surface area contributed by atoms with Crippen LogP contribution in [0.15, 0.2) is 0 Å². The number of imide groups is 1. The zero-order chi connectivity index (χ0) is 17.6. The SMILES string of the molecule is CCCC1C(=O)N(C(=O)CCCCCN2CCCCC2)C2CCNC12. The minimum absolute atomic E-state index is 0.0144. The van der Waals surface area contributed by atoms with Gasteiger partial charge < -0.3 is 10.2 Å². The summed E-state index contributed by atoms with van der Waals surface area (Å²) in [7, 11) is 0.